The summed E-state index contributed by atoms with van der Waals surface area (Å²) in [4.78, 5) is 12.5. The van der Waals surface area contributed by atoms with Gasteiger partial charge in [0.25, 0.3) is 0 Å². The quantitative estimate of drug-likeness (QED) is 0.682. The van der Waals surface area contributed by atoms with Crippen molar-refractivity contribution in [2.24, 2.45) is 0 Å². The van der Waals surface area contributed by atoms with Crippen molar-refractivity contribution in [1.29, 1.82) is 0 Å². The molecule has 0 saturated carbocycles. The predicted octanol–water partition coefficient (Wildman–Crippen LogP) is 3.85. The van der Waals surface area contributed by atoms with Crippen molar-refractivity contribution in [1.82, 2.24) is 19.6 Å². The van der Waals surface area contributed by atoms with Gasteiger partial charge in [0.05, 0.1) is 22.4 Å². The third-order valence-electron chi connectivity index (χ3n) is 4.17. The van der Waals surface area contributed by atoms with Crippen molar-refractivity contribution in [3.05, 3.63) is 63.8 Å². The van der Waals surface area contributed by atoms with Crippen LogP contribution >= 0.6 is 15.9 Å². The molecule has 1 aromatic carbocycles. The summed E-state index contributed by atoms with van der Waals surface area (Å²) in [5, 5.41) is 11.4. The molecule has 2 aromatic heterocycles. The zero-order valence-electron chi connectivity index (χ0n) is 14.7. The van der Waals surface area contributed by atoms with Crippen LogP contribution in [0.4, 0.5) is 10.2 Å². The van der Waals surface area contributed by atoms with Crippen LogP contribution in [0.1, 0.15) is 29.9 Å². The minimum Gasteiger partial charge on any atom is -0.307 e. The molecule has 0 bridgehead atoms. The summed E-state index contributed by atoms with van der Waals surface area (Å²) in [5.41, 5.74) is 2.25. The lowest BCUT2D eigenvalue weighted by Crippen LogP contribution is -2.25. The molecule has 8 heteroatoms. The van der Waals surface area contributed by atoms with E-state index in [0.717, 1.165) is 15.9 Å². The summed E-state index contributed by atoms with van der Waals surface area (Å²) in [7, 11) is 0. The number of anilines is 1. The van der Waals surface area contributed by atoms with Crippen LogP contribution in [0.3, 0.4) is 0 Å². The summed E-state index contributed by atoms with van der Waals surface area (Å²) in [5.74, 6) is -0.0876. The van der Waals surface area contributed by atoms with Gasteiger partial charge in [0.15, 0.2) is 5.82 Å². The van der Waals surface area contributed by atoms with Gasteiger partial charge in [-0.25, -0.2) is 4.39 Å². The Kier molecular flexibility index (Phi) is 5.22. The summed E-state index contributed by atoms with van der Waals surface area (Å²) < 4.78 is 17.9. The number of aromatic nitrogens is 4. The van der Waals surface area contributed by atoms with Crippen LogP contribution in [-0.2, 0) is 11.3 Å². The molecule has 2 heterocycles. The lowest BCUT2D eigenvalue weighted by Gasteiger charge is -2.13. The highest BCUT2D eigenvalue weighted by Crippen LogP contribution is 2.23. The van der Waals surface area contributed by atoms with Crippen molar-refractivity contribution in [3.8, 4) is 0 Å². The van der Waals surface area contributed by atoms with E-state index in [4.69, 9.17) is 0 Å². The molecular weight excluding hydrogens is 401 g/mol. The Bertz CT molecular complexity index is 949. The SMILES string of the molecule is Cc1nn(C(C)C(=O)Nc2ccn(Cc3ccccc3F)n2)c(C)c1Br. The van der Waals surface area contributed by atoms with E-state index >= 15 is 0 Å². The molecule has 1 atom stereocenters. The molecule has 3 rings (SSSR count). The standard InChI is InChI=1S/C18H19BrFN5O/c1-11-17(19)12(2)25(22-11)13(3)18(26)21-16-8-9-24(23-16)10-14-6-4-5-7-15(14)20/h4-9,13H,10H2,1-3H3,(H,21,23,26). The van der Waals surface area contributed by atoms with Crippen molar-refractivity contribution < 1.29 is 9.18 Å². The van der Waals surface area contributed by atoms with E-state index in [1.807, 2.05) is 13.8 Å². The second kappa shape index (κ2) is 7.41. The number of nitrogens with zero attached hydrogens (tertiary/aromatic N) is 4. The van der Waals surface area contributed by atoms with Gasteiger partial charge >= 0.3 is 0 Å². The first-order valence-electron chi connectivity index (χ1n) is 8.15. The fourth-order valence-electron chi connectivity index (χ4n) is 2.68. The van der Waals surface area contributed by atoms with Gasteiger partial charge in [-0.1, -0.05) is 18.2 Å². The molecule has 0 aliphatic carbocycles. The molecule has 0 spiro atoms. The highest BCUT2D eigenvalue weighted by Gasteiger charge is 2.21. The molecule has 0 aliphatic heterocycles. The van der Waals surface area contributed by atoms with Crippen molar-refractivity contribution in [3.63, 3.8) is 0 Å². The van der Waals surface area contributed by atoms with Gasteiger partial charge < -0.3 is 5.32 Å². The van der Waals surface area contributed by atoms with Crippen LogP contribution in [-0.4, -0.2) is 25.5 Å². The van der Waals surface area contributed by atoms with Gasteiger partial charge in [-0.15, -0.1) is 0 Å². The first kappa shape index (κ1) is 18.3. The molecule has 1 unspecified atom stereocenters. The van der Waals surface area contributed by atoms with Crippen LogP contribution in [0.2, 0.25) is 0 Å². The van der Waals surface area contributed by atoms with Crippen molar-refractivity contribution >= 4 is 27.7 Å². The number of amides is 1. The topological polar surface area (TPSA) is 64.7 Å². The van der Waals surface area contributed by atoms with E-state index in [1.54, 1.807) is 46.7 Å². The van der Waals surface area contributed by atoms with Crippen LogP contribution in [0, 0.1) is 19.7 Å². The van der Waals surface area contributed by atoms with E-state index in [2.05, 4.69) is 31.4 Å². The maximum atomic E-state index is 13.7. The smallest absolute Gasteiger partial charge is 0.250 e. The fourth-order valence-corrected chi connectivity index (χ4v) is 2.94. The lowest BCUT2D eigenvalue weighted by atomic mass is 10.2. The number of carbonyl (C=O) groups excluding carboxylic acids is 1. The maximum absolute atomic E-state index is 13.7. The molecule has 1 amide bonds. The second-order valence-corrected chi connectivity index (χ2v) is 6.88. The Morgan fingerprint density at radius 1 is 1.27 bits per heavy atom. The molecule has 26 heavy (non-hydrogen) atoms. The highest BCUT2D eigenvalue weighted by molar-refractivity contribution is 9.10. The third-order valence-corrected chi connectivity index (χ3v) is 5.31. The van der Waals surface area contributed by atoms with Gasteiger partial charge in [0, 0.05) is 17.8 Å². The first-order valence-corrected chi connectivity index (χ1v) is 8.95. The molecule has 1 N–H and O–H groups in total. The number of nitrogens with one attached hydrogen (secondary N) is 1. The Morgan fingerprint density at radius 2 is 2.00 bits per heavy atom. The summed E-state index contributed by atoms with van der Waals surface area (Å²) >= 11 is 3.46. The minimum atomic E-state index is -0.489. The predicted molar refractivity (Wildman–Crippen MR) is 100 cm³/mol. The van der Waals surface area contributed by atoms with E-state index < -0.39 is 6.04 Å². The maximum Gasteiger partial charge on any atom is 0.250 e. The Hall–Kier alpha value is -2.48. The zero-order valence-corrected chi connectivity index (χ0v) is 16.3. The summed E-state index contributed by atoms with van der Waals surface area (Å²) in [6, 6.07) is 7.73. The fraction of sp³-hybridized carbons (Fsp3) is 0.278. The number of rotatable bonds is 5. The van der Waals surface area contributed by atoms with Crippen LogP contribution in [0.5, 0.6) is 0 Å². The van der Waals surface area contributed by atoms with Crippen molar-refractivity contribution in [2.45, 2.75) is 33.4 Å². The van der Waals surface area contributed by atoms with Gasteiger partial charge in [-0.3, -0.25) is 14.2 Å². The Balaban J connectivity index is 1.69. The average Bonchev–Trinajstić information content (AvgIpc) is 3.16. The van der Waals surface area contributed by atoms with Gasteiger partial charge in [-0.2, -0.15) is 10.2 Å². The minimum absolute atomic E-state index is 0.223. The van der Waals surface area contributed by atoms with Crippen molar-refractivity contribution in [2.75, 3.05) is 5.32 Å². The van der Waals surface area contributed by atoms with E-state index in [0.29, 0.717) is 17.9 Å². The van der Waals surface area contributed by atoms with E-state index in [1.165, 1.54) is 6.07 Å². The number of benzene rings is 1. The number of aryl methyl sites for hydroxylation is 1. The monoisotopic (exact) mass is 419 g/mol. The number of halogens is 2. The molecule has 0 aliphatic rings. The molecule has 0 saturated heterocycles. The van der Waals surface area contributed by atoms with Gasteiger partial charge in [0.1, 0.15) is 11.9 Å². The third kappa shape index (κ3) is 3.70. The van der Waals surface area contributed by atoms with Gasteiger partial charge in [-0.05, 0) is 42.8 Å². The molecule has 0 fully saturated rings. The Labute approximate surface area is 159 Å². The van der Waals surface area contributed by atoms with E-state index in [9.17, 15) is 9.18 Å². The molecular formula is C18H19BrFN5O. The van der Waals surface area contributed by atoms with Crippen LogP contribution < -0.4 is 5.32 Å². The number of carbonyl (C=O) groups is 1. The molecule has 3 aromatic rings. The molecule has 6 nitrogen and oxygen atoms in total. The van der Waals surface area contributed by atoms with Crippen LogP contribution in [0.25, 0.3) is 0 Å². The highest BCUT2D eigenvalue weighted by atomic mass is 79.9. The summed E-state index contributed by atoms with van der Waals surface area (Å²) in [6.45, 7) is 5.85. The Morgan fingerprint density at radius 3 is 2.65 bits per heavy atom. The largest absolute Gasteiger partial charge is 0.307 e. The number of hydrogen-bond donors (Lipinski definition) is 1. The van der Waals surface area contributed by atoms with E-state index in [-0.39, 0.29) is 11.7 Å². The van der Waals surface area contributed by atoms with Crippen LogP contribution in [0.15, 0.2) is 41.0 Å². The summed E-state index contributed by atoms with van der Waals surface area (Å²) in [6.07, 6.45) is 1.70. The average molecular weight is 420 g/mol. The molecule has 136 valence electrons. The number of hydrogen-bond acceptors (Lipinski definition) is 3. The zero-order chi connectivity index (χ0) is 18.8. The molecule has 0 radical (unpaired) electrons. The lowest BCUT2D eigenvalue weighted by molar-refractivity contribution is -0.119. The normalized spacial score (nSPS) is 12.2. The second-order valence-electron chi connectivity index (χ2n) is 6.08. The van der Waals surface area contributed by atoms with Gasteiger partial charge in [0.2, 0.25) is 5.91 Å². The first-order chi connectivity index (χ1) is 12.4.